The van der Waals surface area contributed by atoms with E-state index in [9.17, 15) is 4.79 Å². The zero-order chi connectivity index (χ0) is 17.5. The van der Waals surface area contributed by atoms with E-state index < -0.39 is 0 Å². The molecule has 3 aromatic rings. The Hall–Kier alpha value is -3.15. The maximum Gasteiger partial charge on any atom is 0.255 e. The van der Waals surface area contributed by atoms with Crippen molar-refractivity contribution in [1.29, 1.82) is 0 Å². The molecule has 1 aromatic heterocycles. The van der Waals surface area contributed by atoms with Gasteiger partial charge in [0.25, 0.3) is 5.91 Å². The number of rotatable bonds is 7. The average molecular weight is 336 g/mol. The van der Waals surface area contributed by atoms with Gasteiger partial charge in [0.15, 0.2) is 0 Å². The Morgan fingerprint density at radius 3 is 2.48 bits per heavy atom. The van der Waals surface area contributed by atoms with E-state index in [1.165, 1.54) is 0 Å². The first-order valence-corrected chi connectivity index (χ1v) is 8.19. The van der Waals surface area contributed by atoms with Crippen molar-refractivity contribution >= 4 is 5.91 Å². The average Bonchev–Trinajstić information content (AvgIpc) is 3.16. The minimum atomic E-state index is -0.254. The molecular formula is C19H20N4O2. The van der Waals surface area contributed by atoms with Crippen molar-refractivity contribution in [1.82, 2.24) is 20.3 Å². The third-order valence-electron chi connectivity index (χ3n) is 3.75. The molecule has 1 N–H and O–H groups in total. The fraction of sp³-hybridized carbons (Fsp3) is 0.211. The molecule has 0 radical (unpaired) electrons. The van der Waals surface area contributed by atoms with Crippen LogP contribution >= 0.6 is 0 Å². The Morgan fingerprint density at radius 2 is 1.76 bits per heavy atom. The van der Waals surface area contributed by atoms with Crippen molar-refractivity contribution in [2.75, 3.05) is 6.61 Å². The number of para-hydroxylation sites is 1. The lowest BCUT2D eigenvalue weighted by Crippen LogP contribution is -2.32. The van der Waals surface area contributed by atoms with Crippen LogP contribution in [-0.2, 0) is 6.54 Å². The van der Waals surface area contributed by atoms with Crippen molar-refractivity contribution < 1.29 is 9.53 Å². The van der Waals surface area contributed by atoms with Gasteiger partial charge in [0, 0.05) is 0 Å². The molecule has 0 saturated carbocycles. The van der Waals surface area contributed by atoms with Crippen molar-refractivity contribution in [3.63, 3.8) is 0 Å². The van der Waals surface area contributed by atoms with E-state index in [4.69, 9.17) is 4.74 Å². The molecule has 0 aliphatic heterocycles. The molecular weight excluding hydrogens is 316 g/mol. The van der Waals surface area contributed by atoms with E-state index in [-0.39, 0.29) is 11.9 Å². The number of hydrogen-bond donors (Lipinski definition) is 1. The van der Waals surface area contributed by atoms with Crippen LogP contribution in [0.4, 0.5) is 0 Å². The number of carbonyl (C=O) groups is 1. The summed E-state index contributed by atoms with van der Waals surface area (Å²) in [5.41, 5.74) is 1.50. The minimum absolute atomic E-state index is 0.190. The Kier molecular flexibility index (Phi) is 5.41. The summed E-state index contributed by atoms with van der Waals surface area (Å²) in [6.45, 7) is 2.84. The largest absolute Gasteiger partial charge is 0.493 e. The lowest BCUT2D eigenvalue weighted by Gasteiger charge is -2.19. The van der Waals surface area contributed by atoms with E-state index in [2.05, 4.69) is 15.5 Å². The van der Waals surface area contributed by atoms with E-state index in [0.29, 0.717) is 24.5 Å². The highest BCUT2D eigenvalue weighted by Gasteiger charge is 2.19. The van der Waals surface area contributed by atoms with Gasteiger partial charge in [-0.05, 0) is 24.6 Å². The topological polar surface area (TPSA) is 69.0 Å². The lowest BCUT2D eigenvalue weighted by molar-refractivity contribution is 0.0927. The third kappa shape index (κ3) is 4.23. The molecule has 3 rings (SSSR count). The fourth-order valence-electron chi connectivity index (χ4n) is 2.59. The van der Waals surface area contributed by atoms with E-state index in [0.717, 1.165) is 5.56 Å². The van der Waals surface area contributed by atoms with Crippen molar-refractivity contribution in [2.45, 2.75) is 19.5 Å². The number of carbonyl (C=O) groups excluding carboxylic acids is 1. The second-order valence-electron chi connectivity index (χ2n) is 5.45. The summed E-state index contributed by atoms with van der Waals surface area (Å²) < 4.78 is 5.56. The maximum atomic E-state index is 12.8. The Labute approximate surface area is 146 Å². The molecule has 0 aliphatic rings. The third-order valence-corrected chi connectivity index (χ3v) is 3.75. The molecule has 2 aromatic carbocycles. The second kappa shape index (κ2) is 8.10. The first kappa shape index (κ1) is 16.7. The van der Waals surface area contributed by atoms with Crippen molar-refractivity contribution in [3.05, 3.63) is 78.1 Å². The molecule has 1 atom stereocenters. The summed E-state index contributed by atoms with van der Waals surface area (Å²) >= 11 is 0. The minimum Gasteiger partial charge on any atom is -0.493 e. The van der Waals surface area contributed by atoms with Crippen LogP contribution in [0.3, 0.4) is 0 Å². The zero-order valence-electron chi connectivity index (χ0n) is 14.0. The van der Waals surface area contributed by atoms with Crippen LogP contribution in [0.25, 0.3) is 0 Å². The predicted octanol–water partition coefficient (Wildman–Crippen LogP) is 2.85. The van der Waals surface area contributed by atoms with E-state index in [1.54, 1.807) is 29.3 Å². The molecule has 0 saturated heterocycles. The number of nitrogens with one attached hydrogen (secondary N) is 1. The number of amides is 1. The number of hydrogen-bond acceptors (Lipinski definition) is 4. The van der Waals surface area contributed by atoms with Gasteiger partial charge in [-0.2, -0.15) is 15.0 Å². The number of nitrogens with zero attached hydrogens (tertiary/aromatic N) is 3. The highest BCUT2D eigenvalue weighted by atomic mass is 16.5. The van der Waals surface area contributed by atoms with Gasteiger partial charge in [0.1, 0.15) is 5.75 Å². The molecule has 25 heavy (non-hydrogen) atoms. The predicted molar refractivity (Wildman–Crippen MR) is 94.3 cm³/mol. The molecule has 1 amide bonds. The van der Waals surface area contributed by atoms with Crippen LogP contribution in [0.5, 0.6) is 5.75 Å². The van der Waals surface area contributed by atoms with Gasteiger partial charge < -0.3 is 10.1 Å². The molecule has 128 valence electrons. The molecule has 0 spiro atoms. The lowest BCUT2D eigenvalue weighted by atomic mass is 10.1. The second-order valence-corrected chi connectivity index (χ2v) is 5.45. The van der Waals surface area contributed by atoms with Crippen LogP contribution < -0.4 is 10.1 Å². The number of ether oxygens (including phenoxy) is 1. The number of aromatic nitrogens is 3. The quantitative estimate of drug-likeness (QED) is 0.720. The molecule has 0 aliphatic carbocycles. The first-order valence-electron chi connectivity index (χ1n) is 8.19. The normalized spacial score (nSPS) is 11.7. The first-order chi connectivity index (χ1) is 12.3. The Bertz CT molecular complexity index is 803. The molecule has 6 heteroatoms. The number of benzene rings is 2. The standard InChI is InChI=1S/C19H20N4O2/c1-2-25-18-11-7-6-10-16(18)19(24)22-17(14-23-20-12-13-21-23)15-8-4-3-5-9-15/h3-13,17H,2,14H2,1H3,(H,22,24). The summed E-state index contributed by atoms with van der Waals surface area (Å²) in [4.78, 5) is 14.4. The van der Waals surface area contributed by atoms with Gasteiger partial charge >= 0.3 is 0 Å². The Balaban J connectivity index is 1.83. The molecule has 0 fully saturated rings. The van der Waals surface area contributed by atoms with Gasteiger partial charge in [-0.1, -0.05) is 42.5 Å². The maximum absolute atomic E-state index is 12.8. The Morgan fingerprint density at radius 1 is 1.08 bits per heavy atom. The summed E-state index contributed by atoms with van der Waals surface area (Å²) in [6.07, 6.45) is 3.24. The van der Waals surface area contributed by atoms with Crippen LogP contribution in [0, 0.1) is 0 Å². The summed E-state index contributed by atoms with van der Waals surface area (Å²) in [7, 11) is 0. The molecule has 1 unspecified atom stereocenters. The summed E-state index contributed by atoms with van der Waals surface area (Å²) in [5.74, 6) is 0.386. The highest BCUT2D eigenvalue weighted by Crippen LogP contribution is 2.20. The molecule has 0 bridgehead atoms. The van der Waals surface area contributed by atoms with Crippen LogP contribution in [0.2, 0.25) is 0 Å². The van der Waals surface area contributed by atoms with E-state index >= 15 is 0 Å². The highest BCUT2D eigenvalue weighted by molar-refractivity contribution is 5.97. The zero-order valence-corrected chi connectivity index (χ0v) is 14.0. The smallest absolute Gasteiger partial charge is 0.255 e. The van der Waals surface area contributed by atoms with Crippen LogP contribution in [0.1, 0.15) is 28.9 Å². The van der Waals surface area contributed by atoms with Gasteiger partial charge in [0.2, 0.25) is 0 Å². The van der Waals surface area contributed by atoms with Gasteiger partial charge in [-0.15, -0.1) is 0 Å². The van der Waals surface area contributed by atoms with Gasteiger partial charge in [-0.3, -0.25) is 4.79 Å². The molecule has 1 heterocycles. The van der Waals surface area contributed by atoms with Gasteiger partial charge in [-0.25, -0.2) is 0 Å². The monoisotopic (exact) mass is 336 g/mol. The van der Waals surface area contributed by atoms with E-state index in [1.807, 2.05) is 49.4 Å². The van der Waals surface area contributed by atoms with Crippen molar-refractivity contribution in [2.24, 2.45) is 0 Å². The summed E-state index contributed by atoms with van der Waals surface area (Å²) in [6, 6.07) is 16.8. The van der Waals surface area contributed by atoms with Crippen LogP contribution in [0.15, 0.2) is 67.0 Å². The van der Waals surface area contributed by atoms with Crippen LogP contribution in [-0.4, -0.2) is 27.5 Å². The van der Waals surface area contributed by atoms with Gasteiger partial charge in [0.05, 0.1) is 37.2 Å². The van der Waals surface area contributed by atoms with Crippen molar-refractivity contribution in [3.8, 4) is 5.75 Å². The summed E-state index contributed by atoms with van der Waals surface area (Å²) in [5, 5.41) is 11.3. The fourth-order valence-corrected chi connectivity index (χ4v) is 2.59. The SMILES string of the molecule is CCOc1ccccc1C(=O)NC(Cn1nccn1)c1ccccc1. The molecule has 6 nitrogen and oxygen atoms in total.